The fraction of sp³-hybridized carbons (Fsp3) is 0.688. The second-order valence-electron chi connectivity index (χ2n) is 7.29. The number of amides is 2. The minimum Gasteiger partial charge on any atom is -0.444 e. The summed E-state index contributed by atoms with van der Waals surface area (Å²) in [5.41, 5.74) is 5.11. The Morgan fingerprint density at radius 2 is 1.92 bits per heavy atom. The number of nitrogens with one attached hydrogen (secondary N) is 1. The zero-order chi connectivity index (χ0) is 18.5. The molecule has 1 rings (SSSR count). The first-order valence-electron chi connectivity index (χ1n) is 7.80. The van der Waals surface area contributed by atoms with E-state index in [9.17, 15) is 9.59 Å². The van der Waals surface area contributed by atoms with Gasteiger partial charge in [-0.25, -0.2) is 4.79 Å². The molecular formula is C16H28N4O4. The van der Waals surface area contributed by atoms with E-state index in [0.29, 0.717) is 19.6 Å². The van der Waals surface area contributed by atoms with Crippen LogP contribution in [0.25, 0.3) is 0 Å². The van der Waals surface area contributed by atoms with E-state index in [4.69, 9.17) is 15.2 Å². The van der Waals surface area contributed by atoms with Gasteiger partial charge in [0.15, 0.2) is 0 Å². The highest BCUT2D eigenvalue weighted by Gasteiger charge is 2.27. The van der Waals surface area contributed by atoms with Crippen LogP contribution in [0.5, 0.6) is 0 Å². The highest BCUT2D eigenvalue weighted by molar-refractivity contribution is 5.90. The first-order chi connectivity index (χ1) is 10.9. The molecule has 0 aliphatic heterocycles. The van der Waals surface area contributed by atoms with E-state index in [1.54, 1.807) is 38.6 Å². The van der Waals surface area contributed by atoms with Gasteiger partial charge in [0.05, 0.1) is 13.2 Å². The Hall–Kier alpha value is -2.09. The molecule has 1 aromatic heterocycles. The van der Waals surface area contributed by atoms with Crippen molar-refractivity contribution in [3.63, 3.8) is 0 Å². The summed E-state index contributed by atoms with van der Waals surface area (Å²) >= 11 is 0. The highest BCUT2D eigenvalue weighted by Crippen LogP contribution is 2.16. The Morgan fingerprint density at radius 1 is 1.29 bits per heavy atom. The van der Waals surface area contributed by atoms with Crippen LogP contribution in [0.1, 0.15) is 50.8 Å². The molecule has 0 spiro atoms. The van der Waals surface area contributed by atoms with Crippen molar-refractivity contribution < 1.29 is 19.1 Å². The van der Waals surface area contributed by atoms with Gasteiger partial charge in [0, 0.05) is 24.8 Å². The molecule has 1 aromatic rings. The van der Waals surface area contributed by atoms with Crippen LogP contribution >= 0.6 is 0 Å². The summed E-state index contributed by atoms with van der Waals surface area (Å²) in [5, 5.41) is 7.02. The average molecular weight is 340 g/mol. The van der Waals surface area contributed by atoms with Crippen molar-refractivity contribution in [1.82, 2.24) is 15.1 Å². The minimum absolute atomic E-state index is 0.189. The number of carbonyl (C=O) groups is 2. The molecule has 0 bridgehead atoms. The van der Waals surface area contributed by atoms with Gasteiger partial charge in [0.1, 0.15) is 11.3 Å². The van der Waals surface area contributed by atoms with Gasteiger partial charge in [-0.3, -0.25) is 9.48 Å². The molecule has 8 heteroatoms. The molecule has 0 aromatic carbocycles. The van der Waals surface area contributed by atoms with Crippen LogP contribution in [0, 0.1) is 0 Å². The zero-order valence-electron chi connectivity index (χ0n) is 15.3. The molecule has 136 valence electrons. The molecule has 1 heterocycles. The second-order valence-corrected chi connectivity index (χ2v) is 7.29. The van der Waals surface area contributed by atoms with Crippen molar-refractivity contribution in [1.29, 1.82) is 0 Å². The molecule has 3 N–H and O–H groups in total. The van der Waals surface area contributed by atoms with E-state index in [-0.39, 0.29) is 5.69 Å². The number of nitrogens with two attached hydrogens (primary N) is 1. The number of primary amides is 1. The lowest BCUT2D eigenvalue weighted by Gasteiger charge is -2.28. The maximum Gasteiger partial charge on any atom is 0.408 e. The van der Waals surface area contributed by atoms with Gasteiger partial charge in [-0.2, -0.15) is 5.10 Å². The summed E-state index contributed by atoms with van der Waals surface area (Å²) in [4.78, 5) is 23.4. The van der Waals surface area contributed by atoms with E-state index in [1.807, 2.05) is 13.8 Å². The van der Waals surface area contributed by atoms with Crippen molar-refractivity contribution in [3.8, 4) is 0 Å². The fourth-order valence-electron chi connectivity index (χ4n) is 2.17. The number of rotatable bonds is 7. The van der Waals surface area contributed by atoms with E-state index >= 15 is 0 Å². The third-order valence-electron chi connectivity index (χ3n) is 3.09. The molecule has 0 fully saturated rings. The van der Waals surface area contributed by atoms with Crippen molar-refractivity contribution in [2.24, 2.45) is 5.73 Å². The topological polar surface area (TPSA) is 108 Å². The van der Waals surface area contributed by atoms with Gasteiger partial charge >= 0.3 is 6.09 Å². The maximum atomic E-state index is 12.0. The Kier molecular flexibility index (Phi) is 6.36. The van der Waals surface area contributed by atoms with E-state index in [0.717, 1.165) is 5.69 Å². The Balaban J connectivity index is 2.88. The standard InChI is InChI=1S/C16H28N4O4/c1-15(2,3)24-14(22)18-16(4,5)10-11-9-12(13(17)21)19-20(11)7-8-23-6/h9H,7-8,10H2,1-6H3,(H2,17,21)(H,18,22). The van der Waals surface area contributed by atoms with E-state index in [1.165, 1.54) is 0 Å². The predicted octanol–water partition coefficient (Wildman–Crippen LogP) is 1.47. The number of aromatic nitrogens is 2. The summed E-state index contributed by atoms with van der Waals surface area (Å²) < 4.78 is 12.0. The number of ether oxygens (including phenoxy) is 2. The first-order valence-corrected chi connectivity index (χ1v) is 7.80. The largest absolute Gasteiger partial charge is 0.444 e. The molecule has 0 saturated carbocycles. The molecule has 0 aliphatic carbocycles. The van der Waals surface area contributed by atoms with Crippen LogP contribution in [-0.2, 0) is 22.4 Å². The Labute approximate surface area is 142 Å². The monoisotopic (exact) mass is 340 g/mol. The van der Waals surface area contributed by atoms with Gasteiger partial charge in [-0.15, -0.1) is 0 Å². The van der Waals surface area contributed by atoms with Crippen LogP contribution in [0.3, 0.4) is 0 Å². The number of alkyl carbamates (subject to hydrolysis) is 1. The van der Waals surface area contributed by atoms with Crippen LogP contribution in [0.15, 0.2) is 6.07 Å². The summed E-state index contributed by atoms with van der Waals surface area (Å²) in [6.45, 7) is 10.1. The third kappa shape index (κ3) is 6.57. The maximum absolute atomic E-state index is 12.0. The molecule has 24 heavy (non-hydrogen) atoms. The van der Waals surface area contributed by atoms with Crippen molar-refractivity contribution in [2.45, 2.75) is 58.7 Å². The first kappa shape index (κ1) is 20.0. The third-order valence-corrected chi connectivity index (χ3v) is 3.09. The SMILES string of the molecule is COCCn1nc(C(N)=O)cc1CC(C)(C)NC(=O)OC(C)(C)C. The highest BCUT2D eigenvalue weighted by atomic mass is 16.6. The number of carbonyl (C=O) groups excluding carboxylic acids is 2. The lowest BCUT2D eigenvalue weighted by Crippen LogP contribution is -2.47. The summed E-state index contributed by atoms with van der Waals surface area (Å²) in [6, 6.07) is 1.64. The fourth-order valence-corrected chi connectivity index (χ4v) is 2.17. The van der Waals surface area contributed by atoms with Crippen LogP contribution in [0.2, 0.25) is 0 Å². The van der Waals surface area contributed by atoms with Crippen LogP contribution in [-0.4, -0.2) is 46.6 Å². The molecule has 8 nitrogen and oxygen atoms in total. The van der Waals surface area contributed by atoms with Gasteiger partial charge in [-0.05, 0) is 40.7 Å². The quantitative estimate of drug-likeness (QED) is 0.781. The van der Waals surface area contributed by atoms with Gasteiger partial charge in [-0.1, -0.05) is 0 Å². The van der Waals surface area contributed by atoms with Gasteiger partial charge in [0.25, 0.3) is 5.91 Å². The number of hydrogen-bond donors (Lipinski definition) is 2. The average Bonchev–Trinajstić information content (AvgIpc) is 2.75. The predicted molar refractivity (Wildman–Crippen MR) is 89.8 cm³/mol. The number of methoxy groups -OCH3 is 1. The summed E-state index contributed by atoms with van der Waals surface area (Å²) in [5.74, 6) is -0.592. The Morgan fingerprint density at radius 3 is 2.42 bits per heavy atom. The normalized spacial score (nSPS) is 12.1. The van der Waals surface area contributed by atoms with Crippen LogP contribution < -0.4 is 11.1 Å². The zero-order valence-corrected chi connectivity index (χ0v) is 15.3. The number of nitrogens with zero attached hydrogens (tertiary/aromatic N) is 2. The molecule has 0 radical (unpaired) electrons. The van der Waals surface area contributed by atoms with Crippen molar-refractivity contribution in [3.05, 3.63) is 17.5 Å². The molecule has 2 amide bonds. The molecule has 0 atom stereocenters. The Bertz CT molecular complexity index is 587. The van der Waals surface area contributed by atoms with Gasteiger partial charge < -0.3 is 20.5 Å². The van der Waals surface area contributed by atoms with Gasteiger partial charge in [0.2, 0.25) is 0 Å². The molecule has 0 saturated heterocycles. The summed E-state index contributed by atoms with van der Waals surface area (Å²) in [7, 11) is 1.59. The molecular weight excluding hydrogens is 312 g/mol. The van der Waals surface area contributed by atoms with E-state index < -0.39 is 23.1 Å². The summed E-state index contributed by atoms with van der Waals surface area (Å²) in [6.07, 6.45) is -0.0402. The smallest absolute Gasteiger partial charge is 0.408 e. The van der Waals surface area contributed by atoms with E-state index in [2.05, 4.69) is 10.4 Å². The number of hydrogen-bond acceptors (Lipinski definition) is 5. The molecule has 0 aliphatic rings. The van der Waals surface area contributed by atoms with Crippen LogP contribution in [0.4, 0.5) is 4.79 Å². The van der Waals surface area contributed by atoms with Crippen molar-refractivity contribution >= 4 is 12.0 Å². The second kappa shape index (κ2) is 7.65. The molecule has 0 unspecified atom stereocenters. The van der Waals surface area contributed by atoms with Crippen molar-refractivity contribution in [2.75, 3.05) is 13.7 Å². The minimum atomic E-state index is -0.595. The lowest BCUT2D eigenvalue weighted by atomic mass is 9.98. The lowest BCUT2D eigenvalue weighted by molar-refractivity contribution is 0.0471.